The molecule has 2 aromatic carbocycles. The van der Waals surface area contributed by atoms with Gasteiger partial charge >= 0.3 is 0 Å². The highest BCUT2D eigenvalue weighted by atomic mass is 15.3. The molecule has 0 unspecified atom stereocenters. The standard InChI is InChI=1S/C19H18N6/c1-15-11-18(24-10-9-20-13-24)8-7-16(15)12-21-19-23-22-14-25(19)17-5-3-2-4-6-17/h2-11,13-14H,12H2,1H3,(H,21,23). The predicted molar refractivity (Wildman–Crippen MR) is 97.0 cm³/mol. The van der Waals surface area contributed by atoms with E-state index >= 15 is 0 Å². The normalized spacial score (nSPS) is 10.8. The zero-order chi connectivity index (χ0) is 17.1. The summed E-state index contributed by atoms with van der Waals surface area (Å²) >= 11 is 0. The molecule has 0 fully saturated rings. The van der Waals surface area contributed by atoms with Crippen LogP contribution in [-0.2, 0) is 6.54 Å². The van der Waals surface area contributed by atoms with E-state index in [1.165, 1.54) is 11.1 Å². The third-order valence-corrected chi connectivity index (χ3v) is 4.15. The van der Waals surface area contributed by atoms with Crippen molar-refractivity contribution in [2.75, 3.05) is 5.32 Å². The van der Waals surface area contributed by atoms with Crippen molar-refractivity contribution in [3.05, 3.63) is 84.7 Å². The van der Waals surface area contributed by atoms with E-state index in [9.17, 15) is 0 Å². The first-order chi connectivity index (χ1) is 12.3. The smallest absolute Gasteiger partial charge is 0.229 e. The fourth-order valence-corrected chi connectivity index (χ4v) is 2.76. The molecule has 2 aromatic heterocycles. The van der Waals surface area contributed by atoms with Crippen LogP contribution in [0.2, 0.25) is 0 Å². The minimum absolute atomic E-state index is 0.682. The average Bonchev–Trinajstić information content (AvgIpc) is 3.33. The van der Waals surface area contributed by atoms with Crippen LogP contribution in [0.25, 0.3) is 11.4 Å². The molecule has 0 bridgehead atoms. The quantitative estimate of drug-likeness (QED) is 0.609. The van der Waals surface area contributed by atoms with Gasteiger partial charge in [-0.15, -0.1) is 10.2 Å². The molecule has 4 rings (SSSR count). The summed E-state index contributed by atoms with van der Waals surface area (Å²) in [6, 6.07) is 16.4. The van der Waals surface area contributed by atoms with Crippen molar-refractivity contribution < 1.29 is 0 Å². The van der Waals surface area contributed by atoms with Crippen LogP contribution in [0.5, 0.6) is 0 Å². The second kappa shape index (κ2) is 6.60. The molecular formula is C19H18N6. The Morgan fingerprint density at radius 2 is 1.88 bits per heavy atom. The molecule has 6 nitrogen and oxygen atoms in total. The van der Waals surface area contributed by atoms with Crippen LogP contribution in [0.15, 0.2) is 73.6 Å². The Balaban J connectivity index is 1.52. The van der Waals surface area contributed by atoms with Crippen molar-refractivity contribution in [2.45, 2.75) is 13.5 Å². The molecule has 0 saturated heterocycles. The largest absolute Gasteiger partial charge is 0.350 e. The summed E-state index contributed by atoms with van der Waals surface area (Å²) in [6.07, 6.45) is 7.23. The van der Waals surface area contributed by atoms with Gasteiger partial charge in [0.05, 0.1) is 12.0 Å². The van der Waals surface area contributed by atoms with Gasteiger partial charge in [-0.1, -0.05) is 24.3 Å². The lowest BCUT2D eigenvalue weighted by Gasteiger charge is -2.12. The molecule has 0 aliphatic rings. The van der Waals surface area contributed by atoms with Crippen molar-refractivity contribution in [2.24, 2.45) is 0 Å². The number of hydrogen-bond donors (Lipinski definition) is 1. The van der Waals surface area contributed by atoms with Crippen molar-refractivity contribution in [1.29, 1.82) is 0 Å². The zero-order valence-electron chi connectivity index (χ0n) is 13.9. The first-order valence-corrected chi connectivity index (χ1v) is 8.08. The van der Waals surface area contributed by atoms with Crippen LogP contribution in [-0.4, -0.2) is 24.3 Å². The number of aromatic nitrogens is 5. The highest BCUT2D eigenvalue weighted by molar-refractivity contribution is 5.44. The lowest BCUT2D eigenvalue weighted by Crippen LogP contribution is -2.07. The van der Waals surface area contributed by atoms with Crippen LogP contribution >= 0.6 is 0 Å². The third-order valence-electron chi connectivity index (χ3n) is 4.15. The molecule has 4 aromatic rings. The number of aryl methyl sites for hydroxylation is 1. The van der Waals surface area contributed by atoms with Crippen molar-refractivity contribution >= 4 is 5.95 Å². The number of rotatable bonds is 5. The third kappa shape index (κ3) is 3.14. The second-order valence-electron chi connectivity index (χ2n) is 5.79. The van der Waals surface area contributed by atoms with Gasteiger partial charge in [0.2, 0.25) is 5.95 Å². The predicted octanol–water partition coefficient (Wildman–Crippen LogP) is 3.37. The minimum atomic E-state index is 0.682. The van der Waals surface area contributed by atoms with Gasteiger partial charge < -0.3 is 9.88 Å². The first kappa shape index (κ1) is 15.1. The number of anilines is 1. The van der Waals surface area contributed by atoms with Gasteiger partial charge in [-0.05, 0) is 42.3 Å². The molecule has 0 saturated carbocycles. The minimum Gasteiger partial charge on any atom is -0.350 e. The molecule has 0 amide bonds. The van der Waals surface area contributed by atoms with E-state index in [1.807, 2.05) is 45.7 Å². The summed E-state index contributed by atoms with van der Waals surface area (Å²) in [7, 11) is 0. The molecule has 0 atom stereocenters. The van der Waals surface area contributed by atoms with E-state index in [2.05, 4.69) is 45.6 Å². The van der Waals surface area contributed by atoms with Crippen molar-refractivity contribution in [3.8, 4) is 11.4 Å². The van der Waals surface area contributed by atoms with Gasteiger partial charge in [-0.3, -0.25) is 4.57 Å². The van der Waals surface area contributed by atoms with Gasteiger partial charge in [0.25, 0.3) is 0 Å². The van der Waals surface area contributed by atoms with Gasteiger partial charge in [-0.2, -0.15) is 0 Å². The van der Waals surface area contributed by atoms with Crippen LogP contribution in [0.4, 0.5) is 5.95 Å². The molecule has 0 aliphatic carbocycles. The van der Waals surface area contributed by atoms with Gasteiger partial charge in [0.15, 0.2) is 0 Å². The molecule has 1 N–H and O–H groups in total. The Morgan fingerprint density at radius 3 is 2.64 bits per heavy atom. The molecule has 2 heterocycles. The maximum atomic E-state index is 4.18. The maximum Gasteiger partial charge on any atom is 0.229 e. The Kier molecular flexibility index (Phi) is 4.00. The summed E-state index contributed by atoms with van der Waals surface area (Å²) in [5, 5.41) is 11.6. The molecule has 0 radical (unpaired) electrons. The summed E-state index contributed by atoms with van der Waals surface area (Å²) in [5.41, 5.74) is 4.56. The SMILES string of the molecule is Cc1cc(-n2ccnc2)ccc1CNc1nncn1-c1ccccc1. The highest BCUT2D eigenvalue weighted by Gasteiger charge is 2.07. The summed E-state index contributed by atoms with van der Waals surface area (Å²) in [6.45, 7) is 2.79. The van der Waals surface area contributed by atoms with Crippen LogP contribution in [0.3, 0.4) is 0 Å². The molecule has 25 heavy (non-hydrogen) atoms. The van der Waals surface area contributed by atoms with Crippen LogP contribution < -0.4 is 5.32 Å². The van der Waals surface area contributed by atoms with Gasteiger partial charge in [0.1, 0.15) is 6.33 Å². The van der Waals surface area contributed by atoms with E-state index in [0.29, 0.717) is 6.54 Å². The van der Waals surface area contributed by atoms with Gasteiger partial charge in [-0.25, -0.2) is 4.98 Å². The lowest BCUT2D eigenvalue weighted by atomic mass is 10.1. The molecular weight excluding hydrogens is 312 g/mol. The number of para-hydroxylation sites is 1. The fourth-order valence-electron chi connectivity index (χ4n) is 2.76. The highest BCUT2D eigenvalue weighted by Crippen LogP contribution is 2.17. The maximum absolute atomic E-state index is 4.18. The fraction of sp³-hybridized carbons (Fsp3) is 0.105. The molecule has 124 valence electrons. The van der Waals surface area contributed by atoms with E-state index in [4.69, 9.17) is 0 Å². The first-order valence-electron chi connectivity index (χ1n) is 8.08. The Labute approximate surface area is 145 Å². The summed E-state index contributed by atoms with van der Waals surface area (Å²) in [5.74, 6) is 0.726. The number of nitrogens with one attached hydrogen (secondary N) is 1. The number of hydrogen-bond acceptors (Lipinski definition) is 4. The zero-order valence-corrected chi connectivity index (χ0v) is 13.9. The van der Waals surface area contributed by atoms with E-state index in [0.717, 1.165) is 17.3 Å². The van der Waals surface area contributed by atoms with E-state index in [-0.39, 0.29) is 0 Å². The summed E-state index contributed by atoms with van der Waals surface area (Å²) < 4.78 is 3.94. The topological polar surface area (TPSA) is 60.6 Å². The monoisotopic (exact) mass is 330 g/mol. The molecule has 0 aliphatic heterocycles. The molecule has 6 heteroatoms. The summed E-state index contributed by atoms with van der Waals surface area (Å²) in [4.78, 5) is 4.09. The Bertz CT molecular complexity index is 957. The number of nitrogens with zero attached hydrogens (tertiary/aromatic N) is 5. The van der Waals surface area contributed by atoms with Crippen LogP contribution in [0.1, 0.15) is 11.1 Å². The van der Waals surface area contributed by atoms with Crippen LogP contribution in [0, 0.1) is 6.92 Å². The van der Waals surface area contributed by atoms with E-state index in [1.54, 1.807) is 18.9 Å². The number of imidazole rings is 1. The lowest BCUT2D eigenvalue weighted by molar-refractivity contribution is 0.990. The number of benzene rings is 2. The van der Waals surface area contributed by atoms with E-state index < -0.39 is 0 Å². The van der Waals surface area contributed by atoms with Crippen molar-refractivity contribution in [1.82, 2.24) is 24.3 Å². The average molecular weight is 330 g/mol. The van der Waals surface area contributed by atoms with Gasteiger partial charge in [0, 0.05) is 24.6 Å². The molecule has 0 spiro atoms. The second-order valence-corrected chi connectivity index (χ2v) is 5.79. The van der Waals surface area contributed by atoms with Crippen molar-refractivity contribution in [3.63, 3.8) is 0 Å². The Morgan fingerprint density at radius 1 is 1.00 bits per heavy atom. The Hall–Kier alpha value is -3.41.